The maximum absolute atomic E-state index is 13.5. The molecule has 1 saturated heterocycles. The SMILES string of the molecule is Cc1ccc(F)cc1C(C)(C)CC(=O)C(C)C.Cc1ccc(F)cc1C(C)(C)CC(=O)C(F)(F)F.Cc1ccc(F)cc1C(C)(C)CC(=O)N1CCOCC1.Cc1ccc(F)cc1C(C)(C)CC(=O)O. The molecule has 70 heavy (non-hydrogen) atoms. The van der Waals surface area contributed by atoms with Crippen LogP contribution in [0.1, 0.15) is 139 Å². The Bertz CT molecular complexity index is 2430. The molecule has 0 aliphatic carbocycles. The van der Waals surface area contributed by atoms with Crippen molar-refractivity contribution in [2.75, 3.05) is 26.3 Å². The Labute approximate surface area is 410 Å². The lowest BCUT2D eigenvalue weighted by Crippen LogP contribution is -2.42. The number of ketones is 2. The molecule has 1 amide bonds. The molecule has 0 bridgehead atoms. The molecule has 0 unspecified atom stereocenters. The van der Waals surface area contributed by atoms with Crippen LogP contribution in [-0.2, 0) is 45.6 Å². The second-order valence-electron chi connectivity index (χ2n) is 21.0. The van der Waals surface area contributed by atoms with Crippen LogP contribution in [0.4, 0.5) is 30.7 Å². The number of aliphatic carboxylic acids is 1. The van der Waals surface area contributed by atoms with Crippen molar-refractivity contribution >= 4 is 23.4 Å². The summed E-state index contributed by atoms with van der Waals surface area (Å²) >= 11 is 0. The van der Waals surface area contributed by atoms with E-state index in [1.54, 1.807) is 37.3 Å². The minimum absolute atomic E-state index is 0.00269. The van der Waals surface area contributed by atoms with E-state index in [1.807, 2.05) is 81.1 Å². The van der Waals surface area contributed by atoms with E-state index >= 15 is 0 Å². The molecular formula is C56H72F7NO6. The van der Waals surface area contributed by atoms with Gasteiger partial charge in [-0.3, -0.25) is 19.2 Å². The van der Waals surface area contributed by atoms with E-state index in [0.29, 0.717) is 50.3 Å². The first kappa shape index (κ1) is 60.8. The third kappa shape index (κ3) is 18.8. The maximum atomic E-state index is 13.5. The third-order valence-corrected chi connectivity index (χ3v) is 12.4. The highest BCUT2D eigenvalue weighted by atomic mass is 19.4. The topological polar surface area (TPSA) is 101 Å². The van der Waals surface area contributed by atoms with Gasteiger partial charge < -0.3 is 14.7 Å². The number of aryl methyl sites for hydroxylation is 4. The van der Waals surface area contributed by atoms with Crippen molar-refractivity contribution < 1.29 is 59.8 Å². The summed E-state index contributed by atoms with van der Waals surface area (Å²) in [5, 5.41) is 8.78. The van der Waals surface area contributed by atoms with Crippen LogP contribution in [0, 0.1) is 56.9 Å². The summed E-state index contributed by atoms with van der Waals surface area (Å²) in [4.78, 5) is 47.7. The molecule has 0 aromatic heterocycles. The molecule has 4 aromatic carbocycles. The van der Waals surface area contributed by atoms with Crippen molar-refractivity contribution in [1.82, 2.24) is 4.90 Å². The van der Waals surface area contributed by atoms with Crippen LogP contribution in [-0.4, -0.2) is 65.9 Å². The molecule has 1 aliphatic heterocycles. The van der Waals surface area contributed by atoms with Gasteiger partial charge in [0.1, 0.15) is 29.1 Å². The number of hydrogen-bond donors (Lipinski definition) is 1. The first-order valence-electron chi connectivity index (χ1n) is 23.3. The Morgan fingerprint density at radius 1 is 0.529 bits per heavy atom. The molecule has 0 saturated carbocycles. The zero-order chi connectivity index (χ0) is 53.7. The summed E-state index contributed by atoms with van der Waals surface area (Å²) in [5.74, 6) is -3.64. The lowest BCUT2D eigenvalue weighted by molar-refractivity contribution is -0.172. The van der Waals surface area contributed by atoms with Crippen LogP contribution < -0.4 is 0 Å². The van der Waals surface area contributed by atoms with Crippen molar-refractivity contribution in [3.8, 4) is 0 Å². The fourth-order valence-electron chi connectivity index (χ4n) is 8.50. The molecule has 386 valence electrons. The number of benzene rings is 4. The lowest BCUT2D eigenvalue weighted by atomic mass is 9.76. The zero-order valence-corrected chi connectivity index (χ0v) is 43.2. The van der Waals surface area contributed by atoms with Gasteiger partial charge in [0.2, 0.25) is 11.7 Å². The molecular weight excluding hydrogens is 916 g/mol. The molecule has 7 nitrogen and oxygen atoms in total. The van der Waals surface area contributed by atoms with Crippen LogP contribution in [0.2, 0.25) is 0 Å². The number of nitrogens with zero attached hydrogens (tertiary/aromatic N) is 1. The highest BCUT2D eigenvalue weighted by Crippen LogP contribution is 2.35. The van der Waals surface area contributed by atoms with Gasteiger partial charge in [0.15, 0.2) is 0 Å². The summed E-state index contributed by atoms with van der Waals surface area (Å²) in [6.07, 6.45) is -4.71. The fraction of sp³-hybridized carbons (Fsp3) is 0.500. The number of alkyl halides is 3. The second kappa shape index (κ2) is 25.1. The van der Waals surface area contributed by atoms with Crippen LogP contribution >= 0.6 is 0 Å². The quantitative estimate of drug-likeness (QED) is 0.134. The van der Waals surface area contributed by atoms with E-state index < -0.39 is 41.0 Å². The van der Waals surface area contributed by atoms with Gasteiger partial charge in [0, 0.05) is 43.7 Å². The summed E-state index contributed by atoms with van der Waals surface area (Å²) in [6.45, 7) is 28.3. The standard InChI is InChI=1S/C16H22FNO2.C15H21FO.C13H14F4O.C12H15FO2/c1-12-4-5-13(17)10-14(12)16(2,3)11-15(19)18-6-8-20-9-7-18;1-10(2)14(17)9-15(4,5)13-8-12(16)7-6-11(13)3;1-8-4-5-9(14)6-10(8)12(2,3)7-11(18)13(15,16)17;1-8-4-5-9(13)6-10(8)12(2,3)7-11(14)15/h4-5,10H,6-9,11H2,1-3H3;6-8,10H,9H2,1-5H3;4-6H,7H2,1-3H3;4-6H,7H2,1-3H3,(H,14,15). The number of hydrogen-bond acceptors (Lipinski definition) is 5. The number of ether oxygens (including phenoxy) is 1. The van der Waals surface area contributed by atoms with Crippen LogP contribution in [0.15, 0.2) is 72.8 Å². The molecule has 5 rings (SSSR count). The van der Waals surface area contributed by atoms with Gasteiger partial charge in [-0.1, -0.05) is 93.5 Å². The van der Waals surface area contributed by atoms with Gasteiger partial charge in [0.05, 0.1) is 19.6 Å². The molecule has 1 N–H and O–H groups in total. The minimum atomic E-state index is -4.85. The number of carboxylic acid groups (broad SMARTS) is 1. The molecule has 4 aromatic rings. The number of morpholine rings is 1. The van der Waals surface area contributed by atoms with E-state index in [9.17, 15) is 49.9 Å². The zero-order valence-electron chi connectivity index (χ0n) is 43.2. The first-order valence-corrected chi connectivity index (χ1v) is 23.3. The number of carbonyl (C=O) groups excluding carboxylic acids is 3. The Kier molecular flexibility index (Phi) is 21.8. The Hall–Kier alpha value is -5.37. The van der Waals surface area contributed by atoms with Crippen LogP contribution in [0.5, 0.6) is 0 Å². The molecule has 0 atom stereocenters. The van der Waals surface area contributed by atoms with Crippen molar-refractivity contribution in [3.63, 3.8) is 0 Å². The molecule has 1 fully saturated rings. The van der Waals surface area contributed by atoms with E-state index in [-0.39, 0.29) is 52.3 Å². The predicted octanol–water partition coefficient (Wildman–Crippen LogP) is 13.5. The average molecular weight is 988 g/mol. The lowest BCUT2D eigenvalue weighted by Gasteiger charge is -2.32. The molecule has 14 heteroatoms. The minimum Gasteiger partial charge on any atom is -0.481 e. The van der Waals surface area contributed by atoms with E-state index in [0.717, 1.165) is 33.4 Å². The Morgan fingerprint density at radius 3 is 1.13 bits per heavy atom. The van der Waals surface area contributed by atoms with E-state index in [2.05, 4.69) is 0 Å². The van der Waals surface area contributed by atoms with Gasteiger partial charge in [-0.2, -0.15) is 13.2 Å². The largest absolute Gasteiger partial charge is 0.481 e. The predicted molar refractivity (Wildman–Crippen MR) is 261 cm³/mol. The first-order chi connectivity index (χ1) is 32.0. The van der Waals surface area contributed by atoms with Crippen molar-refractivity contribution in [2.45, 2.75) is 150 Å². The monoisotopic (exact) mass is 988 g/mol. The number of rotatable bonds is 13. The van der Waals surface area contributed by atoms with Crippen molar-refractivity contribution in [1.29, 1.82) is 0 Å². The number of carboxylic acids is 1. The summed E-state index contributed by atoms with van der Waals surface area (Å²) in [6, 6.07) is 17.9. The van der Waals surface area contributed by atoms with Gasteiger partial charge >= 0.3 is 12.1 Å². The van der Waals surface area contributed by atoms with Crippen LogP contribution in [0.25, 0.3) is 0 Å². The highest BCUT2D eigenvalue weighted by molar-refractivity contribution is 5.85. The Balaban J connectivity index is 0.000000322. The number of Topliss-reactive ketones (excluding diaryl/α,β-unsaturated/α-hetero) is 2. The summed E-state index contributed by atoms with van der Waals surface area (Å²) < 4.78 is 95.0. The summed E-state index contributed by atoms with van der Waals surface area (Å²) in [7, 11) is 0. The fourth-order valence-corrected chi connectivity index (χ4v) is 8.50. The second-order valence-corrected chi connectivity index (χ2v) is 21.0. The van der Waals surface area contributed by atoms with Gasteiger partial charge in [-0.05, 0) is 137 Å². The maximum Gasteiger partial charge on any atom is 0.450 e. The van der Waals surface area contributed by atoms with Crippen LogP contribution in [0.3, 0.4) is 0 Å². The molecule has 0 radical (unpaired) electrons. The number of amides is 1. The average Bonchev–Trinajstić information content (AvgIpc) is 3.24. The summed E-state index contributed by atoms with van der Waals surface area (Å²) in [5.41, 5.74) is 4.35. The highest BCUT2D eigenvalue weighted by Gasteiger charge is 2.42. The molecule has 1 aliphatic rings. The normalized spacial score (nSPS) is 13.3. The third-order valence-electron chi connectivity index (χ3n) is 12.4. The molecule has 0 spiro atoms. The smallest absolute Gasteiger partial charge is 0.450 e. The van der Waals surface area contributed by atoms with E-state index in [4.69, 9.17) is 9.84 Å². The van der Waals surface area contributed by atoms with Gasteiger partial charge in [-0.25, -0.2) is 17.6 Å². The molecule has 1 heterocycles. The van der Waals surface area contributed by atoms with Crippen molar-refractivity contribution in [2.24, 2.45) is 5.92 Å². The van der Waals surface area contributed by atoms with E-state index in [1.165, 1.54) is 56.3 Å². The number of carbonyl (C=O) groups is 4. The van der Waals surface area contributed by atoms with Crippen molar-refractivity contribution in [3.05, 3.63) is 141 Å². The van der Waals surface area contributed by atoms with Gasteiger partial charge in [0.25, 0.3) is 0 Å². The Morgan fingerprint density at radius 2 is 0.829 bits per heavy atom. The van der Waals surface area contributed by atoms with Gasteiger partial charge in [-0.15, -0.1) is 0 Å². The number of halogens is 7.